The van der Waals surface area contributed by atoms with Gasteiger partial charge in [0.2, 0.25) is 5.91 Å². The van der Waals surface area contributed by atoms with E-state index >= 15 is 0 Å². The molecule has 2 aromatic carbocycles. The lowest BCUT2D eigenvalue weighted by atomic mass is 10.0. The highest BCUT2D eigenvalue weighted by Crippen LogP contribution is 2.32. The normalized spacial score (nSPS) is 11.5. The SMILES string of the molecule is CCC(=O)Nc1ccc(/C=C/c2ccccc2C(F)(F)F)cc1C(=O)O. The van der Waals surface area contributed by atoms with Crippen LogP contribution in [-0.4, -0.2) is 17.0 Å². The Balaban J connectivity index is 2.36. The van der Waals surface area contributed by atoms with Gasteiger partial charge in [-0.2, -0.15) is 13.2 Å². The molecule has 0 bridgehead atoms. The van der Waals surface area contributed by atoms with Crippen molar-refractivity contribution in [2.45, 2.75) is 19.5 Å². The summed E-state index contributed by atoms with van der Waals surface area (Å²) in [5, 5.41) is 11.8. The van der Waals surface area contributed by atoms with Gasteiger partial charge in [0.05, 0.1) is 16.8 Å². The third kappa shape index (κ3) is 4.72. The molecule has 0 spiro atoms. The number of amides is 1. The minimum Gasteiger partial charge on any atom is -0.478 e. The van der Waals surface area contributed by atoms with Crippen molar-refractivity contribution < 1.29 is 27.9 Å². The molecule has 0 saturated carbocycles. The van der Waals surface area contributed by atoms with Gasteiger partial charge in [0, 0.05) is 6.42 Å². The summed E-state index contributed by atoms with van der Waals surface area (Å²) in [5.41, 5.74) is -0.411. The van der Waals surface area contributed by atoms with Crippen LogP contribution in [-0.2, 0) is 11.0 Å². The Labute approximate surface area is 148 Å². The molecule has 26 heavy (non-hydrogen) atoms. The van der Waals surface area contributed by atoms with Crippen LogP contribution in [0, 0.1) is 0 Å². The van der Waals surface area contributed by atoms with E-state index in [-0.39, 0.29) is 29.1 Å². The number of carbonyl (C=O) groups excluding carboxylic acids is 1. The Morgan fingerprint density at radius 3 is 2.42 bits per heavy atom. The van der Waals surface area contributed by atoms with Gasteiger partial charge in [0.1, 0.15) is 0 Å². The lowest BCUT2D eigenvalue weighted by molar-refractivity contribution is -0.137. The number of aromatic carboxylic acids is 1. The predicted octanol–water partition coefficient (Wildman–Crippen LogP) is 4.92. The molecule has 0 unspecified atom stereocenters. The Bertz CT molecular complexity index is 857. The van der Waals surface area contributed by atoms with E-state index in [2.05, 4.69) is 5.32 Å². The van der Waals surface area contributed by atoms with Crippen molar-refractivity contribution in [3.05, 3.63) is 64.7 Å². The average molecular weight is 363 g/mol. The average Bonchev–Trinajstić information content (AvgIpc) is 2.60. The maximum Gasteiger partial charge on any atom is 0.416 e. The van der Waals surface area contributed by atoms with Gasteiger partial charge in [-0.05, 0) is 29.3 Å². The molecule has 1 amide bonds. The number of hydrogen-bond donors (Lipinski definition) is 2. The number of carboxylic acid groups (broad SMARTS) is 1. The summed E-state index contributed by atoms with van der Waals surface area (Å²) in [6.07, 6.45) is -1.63. The second kappa shape index (κ2) is 7.86. The van der Waals surface area contributed by atoms with E-state index in [1.165, 1.54) is 48.6 Å². The van der Waals surface area contributed by atoms with Gasteiger partial charge >= 0.3 is 12.1 Å². The molecule has 7 heteroatoms. The third-order valence-corrected chi connectivity index (χ3v) is 3.59. The van der Waals surface area contributed by atoms with Crippen LogP contribution in [0.1, 0.15) is 40.4 Å². The molecule has 4 nitrogen and oxygen atoms in total. The summed E-state index contributed by atoms with van der Waals surface area (Å²) in [6, 6.07) is 9.31. The number of nitrogens with one attached hydrogen (secondary N) is 1. The number of alkyl halides is 3. The van der Waals surface area contributed by atoms with Crippen molar-refractivity contribution in [1.82, 2.24) is 0 Å². The van der Waals surface area contributed by atoms with Gasteiger partial charge in [0.25, 0.3) is 0 Å². The van der Waals surface area contributed by atoms with Gasteiger partial charge in [0.15, 0.2) is 0 Å². The molecule has 0 aliphatic carbocycles. The molecular weight excluding hydrogens is 347 g/mol. The summed E-state index contributed by atoms with van der Waals surface area (Å²) in [4.78, 5) is 22.8. The summed E-state index contributed by atoms with van der Waals surface area (Å²) < 4.78 is 39.0. The first-order chi connectivity index (χ1) is 12.2. The van der Waals surface area contributed by atoms with Crippen LogP contribution in [0.2, 0.25) is 0 Å². The molecule has 0 radical (unpaired) electrons. The molecule has 0 aliphatic rings. The molecular formula is C19H16F3NO3. The molecule has 2 rings (SSSR count). The van der Waals surface area contributed by atoms with Crippen LogP contribution in [0.15, 0.2) is 42.5 Å². The van der Waals surface area contributed by atoms with Gasteiger partial charge < -0.3 is 10.4 Å². The Morgan fingerprint density at radius 2 is 1.81 bits per heavy atom. The number of carbonyl (C=O) groups is 2. The zero-order chi connectivity index (χ0) is 19.3. The van der Waals surface area contributed by atoms with E-state index in [0.29, 0.717) is 5.56 Å². The molecule has 0 fully saturated rings. The first-order valence-electron chi connectivity index (χ1n) is 7.74. The fraction of sp³-hybridized carbons (Fsp3) is 0.158. The fourth-order valence-electron chi connectivity index (χ4n) is 2.28. The van der Waals surface area contributed by atoms with Crippen LogP contribution in [0.4, 0.5) is 18.9 Å². The van der Waals surface area contributed by atoms with Crippen molar-refractivity contribution in [1.29, 1.82) is 0 Å². The van der Waals surface area contributed by atoms with Gasteiger partial charge in [-0.3, -0.25) is 4.79 Å². The van der Waals surface area contributed by atoms with E-state index in [0.717, 1.165) is 6.07 Å². The Kier molecular flexibility index (Phi) is 5.82. The number of hydrogen-bond acceptors (Lipinski definition) is 2. The highest BCUT2D eigenvalue weighted by molar-refractivity contribution is 6.01. The summed E-state index contributed by atoms with van der Waals surface area (Å²) in [6.45, 7) is 1.63. The minimum absolute atomic E-state index is 0.0276. The molecule has 0 saturated heterocycles. The highest BCUT2D eigenvalue weighted by Gasteiger charge is 2.32. The van der Waals surface area contributed by atoms with Crippen molar-refractivity contribution in [2.24, 2.45) is 0 Å². The smallest absolute Gasteiger partial charge is 0.416 e. The first-order valence-corrected chi connectivity index (χ1v) is 7.74. The molecule has 0 heterocycles. The Morgan fingerprint density at radius 1 is 1.12 bits per heavy atom. The lowest BCUT2D eigenvalue weighted by Gasteiger charge is -2.10. The van der Waals surface area contributed by atoms with Crippen molar-refractivity contribution in [3.63, 3.8) is 0 Å². The standard InChI is InChI=1S/C19H16F3NO3/c1-2-17(24)23-16-10-8-12(11-14(16)18(25)26)7-9-13-5-3-4-6-15(13)19(20,21)22/h3-11H,2H2,1H3,(H,23,24)(H,25,26)/b9-7+. The first kappa shape index (κ1) is 19.2. The predicted molar refractivity (Wildman–Crippen MR) is 92.7 cm³/mol. The van der Waals surface area contributed by atoms with Gasteiger partial charge in [-0.15, -0.1) is 0 Å². The van der Waals surface area contributed by atoms with Crippen LogP contribution in [0.5, 0.6) is 0 Å². The van der Waals surface area contributed by atoms with E-state index in [1.54, 1.807) is 6.92 Å². The number of carboxylic acids is 1. The summed E-state index contributed by atoms with van der Waals surface area (Å²) >= 11 is 0. The van der Waals surface area contributed by atoms with Crippen molar-refractivity contribution in [3.8, 4) is 0 Å². The second-order valence-electron chi connectivity index (χ2n) is 5.43. The zero-order valence-corrected chi connectivity index (χ0v) is 13.8. The Hall–Kier alpha value is -3.09. The van der Waals surface area contributed by atoms with Crippen LogP contribution < -0.4 is 5.32 Å². The quantitative estimate of drug-likeness (QED) is 0.741. The molecule has 2 aromatic rings. The molecule has 0 atom stereocenters. The molecule has 0 aromatic heterocycles. The molecule has 0 aliphatic heterocycles. The van der Waals surface area contributed by atoms with E-state index in [9.17, 15) is 27.9 Å². The number of anilines is 1. The lowest BCUT2D eigenvalue weighted by Crippen LogP contribution is -2.13. The molecule has 2 N–H and O–H groups in total. The van der Waals surface area contributed by atoms with E-state index in [1.807, 2.05) is 0 Å². The van der Waals surface area contributed by atoms with Crippen LogP contribution in [0.25, 0.3) is 12.2 Å². The second-order valence-corrected chi connectivity index (χ2v) is 5.43. The molecule has 136 valence electrons. The zero-order valence-electron chi connectivity index (χ0n) is 13.8. The monoisotopic (exact) mass is 363 g/mol. The van der Waals surface area contributed by atoms with Crippen LogP contribution >= 0.6 is 0 Å². The summed E-state index contributed by atoms with van der Waals surface area (Å²) in [5.74, 6) is -1.59. The maximum absolute atomic E-state index is 13.0. The number of benzene rings is 2. The summed E-state index contributed by atoms with van der Waals surface area (Å²) in [7, 11) is 0. The van der Waals surface area contributed by atoms with Gasteiger partial charge in [-0.1, -0.05) is 43.3 Å². The van der Waals surface area contributed by atoms with Crippen molar-refractivity contribution >= 4 is 29.7 Å². The minimum atomic E-state index is -4.48. The van der Waals surface area contributed by atoms with E-state index in [4.69, 9.17) is 0 Å². The third-order valence-electron chi connectivity index (χ3n) is 3.59. The van der Waals surface area contributed by atoms with Gasteiger partial charge in [-0.25, -0.2) is 4.79 Å². The van der Waals surface area contributed by atoms with Crippen LogP contribution in [0.3, 0.4) is 0 Å². The topological polar surface area (TPSA) is 66.4 Å². The number of rotatable bonds is 5. The van der Waals surface area contributed by atoms with Crippen molar-refractivity contribution in [2.75, 3.05) is 5.32 Å². The maximum atomic E-state index is 13.0. The largest absolute Gasteiger partial charge is 0.478 e. The highest BCUT2D eigenvalue weighted by atomic mass is 19.4. The number of halogens is 3. The van der Waals surface area contributed by atoms with E-state index < -0.39 is 17.7 Å². The fourth-order valence-corrected chi connectivity index (χ4v) is 2.28.